The Morgan fingerprint density at radius 2 is 2.12 bits per heavy atom. The molecule has 1 aliphatic rings. The van der Waals surface area contributed by atoms with Crippen molar-refractivity contribution < 1.29 is 9.90 Å². The Labute approximate surface area is 147 Å². The number of thiophene rings is 1. The van der Waals surface area contributed by atoms with Gasteiger partial charge in [-0.25, -0.2) is 4.98 Å². The van der Waals surface area contributed by atoms with Crippen LogP contribution in [0.3, 0.4) is 0 Å². The molecule has 0 saturated carbocycles. The summed E-state index contributed by atoms with van der Waals surface area (Å²) >= 11 is 1.39. The number of aromatic amines is 1. The lowest BCUT2D eigenvalue weighted by Gasteiger charge is -2.14. The number of carbonyl (C=O) groups is 1. The van der Waals surface area contributed by atoms with E-state index in [1.165, 1.54) is 16.9 Å². The molecule has 0 unspecified atom stereocenters. The van der Waals surface area contributed by atoms with Crippen LogP contribution in [0, 0.1) is 0 Å². The Hall–Kier alpha value is -2.93. The minimum atomic E-state index is -0.727. The second kappa shape index (κ2) is 6.18. The molecule has 1 amide bonds. The molecule has 0 spiro atoms. The lowest BCUT2D eigenvalue weighted by molar-refractivity contribution is 0.0928. The van der Waals surface area contributed by atoms with Crippen molar-refractivity contribution in [3.63, 3.8) is 0 Å². The van der Waals surface area contributed by atoms with Gasteiger partial charge in [0.2, 0.25) is 5.75 Å². The van der Waals surface area contributed by atoms with Crippen molar-refractivity contribution in [3.8, 4) is 16.5 Å². The number of aromatic hydroxyl groups is 1. The third-order valence-electron chi connectivity index (χ3n) is 4.30. The highest BCUT2D eigenvalue weighted by atomic mass is 32.1. The van der Waals surface area contributed by atoms with E-state index in [0.717, 1.165) is 23.3 Å². The third-order valence-corrected chi connectivity index (χ3v) is 5.18. The van der Waals surface area contributed by atoms with Gasteiger partial charge in [-0.2, -0.15) is 0 Å². The first-order valence-electron chi connectivity index (χ1n) is 7.89. The van der Waals surface area contributed by atoms with Crippen molar-refractivity contribution in [2.24, 2.45) is 0 Å². The van der Waals surface area contributed by atoms with Crippen LogP contribution in [0.15, 0.2) is 46.6 Å². The number of hydrogen-bond donors (Lipinski definition) is 3. The molecule has 4 rings (SSSR count). The van der Waals surface area contributed by atoms with E-state index in [4.69, 9.17) is 0 Å². The molecule has 0 fully saturated rings. The van der Waals surface area contributed by atoms with Gasteiger partial charge in [-0.15, -0.1) is 11.3 Å². The maximum atomic E-state index is 12.6. The van der Waals surface area contributed by atoms with Gasteiger partial charge in [0.25, 0.3) is 11.5 Å². The fraction of sp³-hybridized carbons (Fsp3) is 0.167. The van der Waals surface area contributed by atoms with Crippen LogP contribution >= 0.6 is 11.3 Å². The van der Waals surface area contributed by atoms with Crippen LogP contribution in [-0.2, 0) is 6.42 Å². The Morgan fingerprint density at radius 1 is 1.28 bits per heavy atom. The van der Waals surface area contributed by atoms with E-state index in [0.29, 0.717) is 0 Å². The molecular formula is C18H15N3O3S. The summed E-state index contributed by atoms with van der Waals surface area (Å²) < 4.78 is 0. The van der Waals surface area contributed by atoms with Gasteiger partial charge >= 0.3 is 0 Å². The lowest BCUT2D eigenvalue weighted by atomic mass is 10.1. The number of carbonyl (C=O) groups excluding carboxylic acids is 1. The van der Waals surface area contributed by atoms with Gasteiger partial charge in [0, 0.05) is 0 Å². The van der Waals surface area contributed by atoms with Crippen LogP contribution in [0.2, 0.25) is 0 Å². The van der Waals surface area contributed by atoms with Gasteiger partial charge in [-0.3, -0.25) is 9.59 Å². The summed E-state index contributed by atoms with van der Waals surface area (Å²) in [4.78, 5) is 32.0. The predicted octanol–water partition coefficient (Wildman–Crippen LogP) is 2.62. The van der Waals surface area contributed by atoms with Crippen molar-refractivity contribution in [3.05, 3.63) is 69.0 Å². The molecule has 1 aromatic carbocycles. The summed E-state index contributed by atoms with van der Waals surface area (Å²) in [5.74, 6) is -0.943. The number of nitrogens with one attached hydrogen (secondary N) is 2. The maximum absolute atomic E-state index is 12.6. The highest BCUT2D eigenvalue weighted by molar-refractivity contribution is 7.13. The van der Waals surface area contributed by atoms with Crippen LogP contribution in [0.25, 0.3) is 10.7 Å². The summed E-state index contributed by atoms with van der Waals surface area (Å²) in [6, 6.07) is 11.4. The largest absolute Gasteiger partial charge is 0.501 e. The van der Waals surface area contributed by atoms with E-state index in [2.05, 4.69) is 15.3 Å². The SMILES string of the molecule is O=C(N[C@@H]1CCc2ccccc21)c1nc(-c2cccs2)[nH]c(=O)c1O. The highest BCUT2D eigenvalue weighted by Gasteiger charge is 2.26. The number of fused-ring (bicyclic) bond motifs is 1. The van der Waals surface area contributed by atoms with Crippen molar-refractivity contribution >= 4 is 17.2 Å². The Morgan fingerprint density at radius 3 is 2.92 bits per heavy atom. The molecule has 0 radical (unpaired) electrons. The van der Waals surface area contributed by atoms with Gasteiger partial charge in [0.15, 0.2) is 11.5 Å². The zero-order valence-electron chi connectivity index (χ0n) is 13.2. The molecule has 0 bridgehead atoms. The summed E-state index contributed by atoms with van der Waals surface area (Å²) in [6.07, 6.45) is 1.67. The number of amides is 1. The minimum Gasteiger partial charge on any atom is -0.501 e. The molecule has 126 valence electrons. The number of hydrogen-bond acceptors (Lipinski definition) is 5. The van der Waals surface area contributed by atoms with Gasteiger partial charge in [0.1, 0.15) is 0 Å². The van der Waals surface area contributed by atoms with E-state index in [1.54, 1.807) is 6.07 Å². The van der Waals surface area contributed by atoms with Gasteiger partial charge in [0.05, 0.1) is 10.9 Å². The van der Waals surface area contributed by atoms with E-state index < -0.39 is 17.2 Å². The second-order valence-electron chi connectivity index (χ2n) is 5.85. The quantitative estimate of drug-likeness (QED) is 0.674. The zero-order valence-corrected chi connectivity index (χ0v) is 14.0. The normalized spacial score (nSPS) is 15.8. The van der Waals surface area contributed by atoms with Gasteiger partial charge < -0.3 is 15.4 Å². The Balaban J connectivity index is 1.66. The number of rotatable bonds is 3. The first kappa shape index (κ1) is 15.6. The third kappa shape index (κ3) is 2.83. The van der Waals surface area contributed by atoms with Crippen LogP contribution in [0.4, 0.5) is 0 Å². The van der Waals surface area contributed by atoms with Crippen molar-refractivity contribution in [2.75, 3.05) is 0 Å². The van der Waals surface area contributed by atoms with Gasteiger partial charge in [-0.05, 0) is 35.4 Å². The molecule has 2 aromatic heterocycles. The monoisotopic (exact) mass is 353 g/mol. The van der Waals surface area contributed by atoms with E-state index in [-0.39, 0.29) is 17.6 Å². The van der Waals surface area contributed by atoms with Crippen molar-refractivity contribution in [2.45, 2.75) is 18.9 Å². The zero-order chi connectivity index (χ0) is 17.4. The summed E-state index contributed by atoms with van der Waals surface area (Å²) in [5.41, 5.74) is 1.29. The highest BCUT2D eigenvalue weighted by Crippen LogP contribution is 2.31. The fourth-order valence-electron chi connectivity index (χ4n) is 3.09. The Bertz CT molecular complexity index is 995. The van der Waals surface area contributed by atoms with Gasteiger partial charge in [-0.1, -0.05) is 30.3 Å². The van der Waals surface area contributed by atoms with Crippen LogP contribution in [-0.4, -0.2) is 21.0 Å². The van der Waals surface area contributed by atoms with Crippen LogP contribution in [0.5, 0.6) is 5.75 Å². The number of H-pyrrole nitrogens is 1. The first-order chi connectivity index (χ1) is 12.1. The average molecular weight is 353 g/mol. The molecule has 1 aliphatic carbocycles. The number of benzene rings is 1. The second-order valence-corrected chi connectivity index (χ2v) is 6.80. The Kier molecular flexibility index (Phi) is 3.85. The number of aryl methyl sites for hydroxylation is 1. The standard InChI is InChI=1S/C18H15N3O3S/c22-15-14(20-16(21-18(15)24)13-6-3-9-25-13)17(23)19-12-8-7-10-4-1-2-5-11(10)12/h1-6,9,12,22H,7-8H2,(H,19,23)(H,20,21,24)/t12-/m1/s1. The molecule has 7 heteroatoms. The molecule has 2 heterocycles. The van der Waals surface area contributed by atoms with Crippen molar-refractivity contribution in [1.82, 2.24) is 15.3 Å². The van der Waals surface area contributed by atoms with Crippen LogP contribution in [0.1, 0.15) is 34.1 Å². The molecule has 6 nitrogen and oxygen atoms in total. The topological polar surface area (TPSA) is 95.1 Å². The lowest BCUT2D eigenvalue weighted by Crippen LogP contribution is -2.29. The molecule has 25 heavy (non-hydrogen) atoms. The smallest absolute Gasteiger partial charge is 0.294 e. The van der Waals surface area contributed by atoms with E-state index in [1.807, 2.05) is 35.7 Å². The molecule has 3 aromatic rings. The maximum Gasteiger partial charge on any atom is 0.294 e. The summed E-state index contributed by atoms with van der Waals surface area (Å²) in [5, 5.41) is 14.7. The fourth-order valence-corrected chi connectivity index (χ4v) is 3.76. The number of nitrogens with zero attached hydrogens (tertiary/aromatic N) is 1. The molecule has 1 atom stereocenters. The summed E-state index contributed by atoms with van der Waals surface area (Å²) in [6.45, 7) is 0. The minimum absolute atomic E-state index is 0.144. The predicted molar refractivity (Wildman–Crippen MR) is 94.8 cm³/mol. The van der Waals surface area contributed by atoms with E-state index in [9.17, 15) is 14.7 Å². The molecule has 0 aliphatic heterocycles. The average Bonchev–Trinajstić information content (AvgIpc) is 3.28. The molecular weight excluding hydrogens is 338 g/mol. The van der Waals surface area contributed by atoms with Crippen molar-refractivity contribution in [1.29, 1.82) is 0 Å². The van der Waals surface area contributed by atoms with Crippen LogP contribution < -0.4 is 10.9 Å². The van der Waals surface area contributed by atoms with E-state index >= 15 is 0 Å². The number of aromatic nitrogens is 2. The molecule has 0 saturated heterocycles. The summed E-state index contributed by atoms with van der Waals surface area (Å²) in [7, 11) is 0. The first-order valence-corrected chi connectivity index (χ1v) is 8.77. The molecule has 3 N–H and O–H groups in total.